The van der Waals surface area contributed by atoms with Crippen LogP contribution in [0.4, 0.5) is 0 Å². The molecule has 2 atom stereocenters. The van der Waals surface area contributed by atoms with Gasteiger partial charge >= 0.3 is 0 Å². The Morgan fingerprint density at radius 3 is 2.30 bits per heavy atom. The van der Waals surface area contributed by atoms with Gasteiger partial charge in [0.15, 0.2) is 11.5 Å². The Hall–Kier alpha value is -2.48. The molecule has 0 bridgehead atoms. The van der Waals surface area contributed by atoms with Gasteiger partial charge in [0.25, 0.3) is 0 Å². The van der Waals surface area contributed by atoms with E-state index in [1.165, 1.54) is 0 Å². The van der Waals surface area contributed by atoms with Gasteiger partial charge in [-0.2, -0.15) is 0 Å². The standard InChI is InChI=1S/C19H20O4/c1-3-17(15-9-5-4-6-10-15)22-13-16(20)14-23-19-12-8-7-11-18(19)21-2/h1,4-12,16-17,20H,13-14H2,2H3/t16-,17+/m1/s1. The number of rotatable bonds is 8. The van der Waals surface area contributed by atoms with Crippen LogP contribution >= 0.6 is 0 Å². The smallest absolute Gasteiger partial charge is 0.161 e. The molecule has 2 aromatic rings. The highest BCUT2D eigenvalue weighted by Crippen LogP contribution is 2.25. The Bertz CT molecular complexity index is 633. The monoisotopic (exact) mass is 312 g/mol. The first-order valence-electron chi connectivity index (χ1n) is 7.31. The van der Waals surface area contributed by atoms with Gasteiger partial charge in [-0.05, 0) is 17.7 Å². The fourth-order valence-corrected chi connectivity index (χ4v) is 2.05. The van der Waals surface area contributed by atoms with Crippen LogP contribution in [-0.2, 0) is 4.74 Å². The van der Waals surface area contributed by atoms with Crippen molar-refractivity contribution < 1.29 is 19.3 Å². The highest BCUT2D eigenvalue weighted by Gasteiger charge is 2.13. The first-order valence-corrected chi connectivity index (χ1v) is 7.31. The number of methoxy groups -OCH3 is 1. The number of hydrogen-bond acceptors (Lipinski definition) is 4. The molecule has 0 aliphatic heterocycles. The van der Waals surface area contributed by atoms with Gasteiger partial charge in [0.1, 0.15) is 18.8 Å². The lowest BCUT2D eigenvalue weighted by atomic mass is 10.1. The van der Waals surface area contributed by atoms with Crippen LogP contribution < -0.4 is 9.47 Å². The van der Waals surface area contributed by atoms with E-state index >= 15 is 0 Å². The topological polar surface area (TPSA) is 47.9 Å². The van der Waals surface area contributed by atoms with Crippen LogP contribution in [0.5, 0.6) is 11.5 Å². The van der Waals surface area contributed by atoms with Gasteiger partial charge < -0.3 is 19.3 Å². The van der Waals surface area contributed by atoms with Crippen molar-refractivity contribution in [3.05, 3.63) is 60.2 Å². The maximum Gasteiger partial charge on any atom is 0.161 e. The van der Waals surface area contributed by atoms with Crippen molar-refractivity contribution in [2.24, 2.45) is 0 Å². The molecule has 2 rings (SSSR count). The summed E-state index contributed by atoms with van der Waals surface area (Å²) in [6.07, 6.45) is 4.21. The fourth-order valence-electron chi connectivity index (χ4n) is 2.05. The second kappa shape index (κ2) is 8.84. The van der Waals surface area contributed by atoms with Crippen LogP contribution in [0.25, 0.3) is 0 Å². The molecule has 0 radical (unpaired) electrons. The summed E-state index contributed by atoms with van der Waals surface area (Å²) in [4.78, 5) is 0. The molecule has 0 unspecified atom stereocenters. The average Bonchev–Trinajstić information content (AvgIpc) is 2.61. The van der Waals surface area contributed by atoms with Gasteiger partial charge in [0.2, 0.25) is 0 Å². The molecule has 23 heavy (non-hydrogen) atoms. The number of aliphatic hydroxyl groups excluding tert-OH is 1. The van der Waals surface area contributed by atoms with Gasteiger partial charge in [-0.15, -0.1) is 6.42 Å². The van der Waals surface area contributed by atoms with E-state index < -0.39 is 12.2 Å². The number of terminal acetylenes is 1. The van der Waals surface area contributed by atoms with Crippen molar-refractivity contribution in [3.8, 4) is 23.8 Å². The quantitative estimate of drug-likeness (QED) is 0.762. The highest BCUT2D eigenvalue weighted by atomic mass is 16.5. The Balaban J connectivity index is 1.83. The largest absolute Gasteiger partial charge is 0.493 e. The van der Waals surface area contributed by atoms with Crippen molar-refractivity contribution in [2.45, 2.75) is 12.2 Å². The van der Waals surface area contributed by atoms with E-state index in [-0.39, 0.29) is 13.2 Å². The molecule has 0 saturated heterocycles. The van der Waals surface area contributed by atoms with Crippen molar-refractivity contribution in [3.63, 3.8) is 0 Å². The molecule has 1 N–H and O–H groups in total. The lowest BCUT2D eigenvalue weighted by molar-refractivity contribution is -0.00730. The van der Waals surface area contributed by atoms with Gasteiger partial charge in [0.05, 0.1) is 13.7 Å². The number of benzene rings is 2. The third-order valence-corrected chi connectivity index (χ3v) is 3.21. The molecule has 120 valence electrons. The zero-order chi connectivity index (χ0) is 16.5. The van der Waals surface area contributed by atoms with Crippen LogP contribution in [0.2, 0.25) is 0 Å². The molecule has 0 aliphatic rings. The lowest BCUT2D eigenvalue weighted by Crippen LogP contribution is -2.24. The van der Waals surface area contributed by atoms with E-state index in [9.17, 15) is 5.11 Å². The first kappa shape index (κ1) is 16.9. The molecule has 0 spiro atoms. The predicted octanol–water partition coefficient (Wildman–Crippen LogP) is 2.83. The molecule has 0 amide bonds. The zero-order valence-electron chi connectivity index (χ0n) is 13.0. The minimum Gasteiger partial charge on any atom is -0.493 e. The summed E-state index contributed by atoms with van der Waals surface area (Å²) < 4.78 is 16.3. The molecule has 4 heteroatoms. The summed E-state index contributed by atoms with van der Waals surface area (Å²) >= 11 is 0. The van der Waals surface area contributed by atoms with Gasteiger partial charge in [-0.25, -0.2) is 0 Å². The Morgan fingerprint density at radius 2 is 1.65 bits per heavy atom. The van der Waals surface area contributed by atoms with E-state index in [0.717, 1.165) is 5.56 Å². The molecule has 0 fully saturated rings. The normalized spacial score (nSPS) is 12.9. The third kappa shape index (κ3) is 5.03. The van der Waals surface area contributed by atoms with Crippen LogP contribution in [0.1, 0.15) is 11.7 Å². The van der Waals surface area contributed by atoms with Gasteiger partial charge in [-0.1, -0.05) is 48.4 Å². The molecule has 0 saturated carbocycles. The van der Waals surface area contributed by atoms with Gasteiger partial charge in [0, 0.05) is 0 Å². The van der Waals surface area contributed by atoms with Crippen molar-refractivity contribution in [2.75, 3.05) is 20.3 Å². The van der Waals surface area contributed by atoms with Crippen molar-refractivity contribution >= 4 is 0 Å². The Morgan fingerprint density at radius 1 is 1.00 bits per heavy atom. The summed E-state index contributed by atoms with van der Waals surface area (Å²) in [5.74, 6) is 3.76. The van der Waals surface area contributed by atoms with E-state index in [2.05, 4.69) is 5.92 Å². The number of hydrogen-bond donors (Lipinski definition) is 1. The molecule has 0 aliphatic carbocycles. The summed E-state index contributed by atoms with van der Waals surface area (Å²) in [6.45, 7) is 0.172. The third-order valence-electron chi connectivity index (χ3n) is 3.21. The highest BCUT2D eigenvalue weighted by molar-refractivity contribution is 5.39. The first-order chi connectivity index (χ1) is 11.2. The Kier molecular flexibility index (Phi) is 6.49. The molecule has 4 nitrogen and oxygen atoms in total. The van der Waals surface area contributed by atoms with E-state index in [1.54, 1.807) is 19.2 Å². The van der Waals surface area contributed by atoms with Crippen LogP contribution in [0, 0.1) is 12.3 Å². The SMILES string of the molecule is C#C[C@H](OC[C@@H](O)COc1ccccc1OC)c1ccccc1. The molecular weight excluding hydrogens is 292 g/mol. The number of ether oxygens (including phenoxy) is 3. The molecule has 0 heterocycles. The van der Waals surface area contributed by atoms with Crippen LogP contribution in [0.15, 0.2) is 54.6 Å². The molecule has 0 aromatic heterocycles. The van der Waals surface area contributed by atoms with Gasteiger partial charge in [-0.3, -0.25) is 0 Å². The summed E-state index contributed by atoms with van der Waals surface area (Å²) in [7, 11) is 1.57. The van der Waals surface area contributed by atoms with E-state index in [4.69, 9.17) is 20.6 Å². The minimum absolute atomic E-state index is 0.0823. The maximum absolute atomic E-state index is 10.0. The van der Waals surface area contributed by atoms with Crippen molar-refractivity contribution in [1.82, 2.24) is 0 Å². The number of aliphatic hydroxyl groups is 1. The molecular formula is C19H20O4. The maximum atomic E-state index is 10.0. The fraction of sp³-hybridized carbons (Fsp3) is 0.263. The van der Waals surface area contributed by atoms with Crippen LogP contribution in [0.3, 0.4) is 0 Å². The second-order valence-corrected chi connectivity index (χ2v) is 4.91. The van der Waals surface area contributed by atoms with Crippen molar-refractivity contribution in [1.29, 1.82) is 0 Å². The second-order valence-electron chi connectivity index (χ2n) is 4.91. The average molecular weight is 312 g/mol. The predicted molar refractivity (Wildman–Crippen MR) is 88.5 cm³/mol. The minimum atomic E-state index is -0.792. The zero-order valence-corrected chi connectivity index (χ0v) is 13.0. The number of para-hydroxylation sites is 2. The summed E-state index contributed by atoms with van der Waals surface area (Å²) in [5.41, 5.74) is 0.882. The Labute approximate surface area is 136 Å². The van der Waals surface area contributed by atoms with E-state index in [1.807, 2.05) is 42.5 Å². The summed E-state index contributed by atoms with van der Waals surface area (Å²) in [5, 5.41) is 10.0. The lowest BCUT2D eigenvalue weighted by Gasteiger charge is -2.17. The summed E-state index contributed by atoms with van der Waals surface area (Å²) in [6, 6.07) is 16.7. The van der Waals surface area contributed by atoms with Crippen LogP contribution in [-0.4, -0.2) is 31.5 Å². The van der Waals surface area contributed by atoms with E-state index in [0.29, 0.717) is 11.5 Å². The molecule has 2 aromatic carbocycles.